The van der Waals surface area contributed by atoms with Gasteiger partial charge in [0.2, 0.25) is 5.91 Å². The molecule has 0 aromatic rings. The van der Waals surface area contributed by atoms with E-state index in [1.165, 1.54) is 134 Å². The Morgan fingerprint density at radius 1 is 0.619 bits per heavy atom. The van der Waals surface area contributed by atoms with Crippen molar-refractivity contribution in [2.45, 2.75) is 199 Å². The molecule has 0 aliphatic heterocycles. The Morgan fingerprint density at radius 3 is 1.36 bits per heavy atom. The summed E-state index contributed by atoms with van der Waals surface area (Å²) in [6.45, 7) is 4.44. The Kier molecular flexibility index (Phi) is 29.5. The van der Waals surface area contributed by atoms with Gasteiger partial charge in [-0.1, -0.05) is 174 Å². The van der Waals surface area contributed by atoms with Crippen molar-refractivity contribution in [3.63, 3.8) is 0 Å². The predicted molar refractivity (Wildman–Crippen MR) is 180 cm³/mol. The van der Waals surface area contributed by atoms with Gasteiger partial charge in [-0.15, -0.1) is 0 Å². The molecule has 6 nitrogen and oxygen atoms in total. The number of allylic oxidation sites excluding steroid dienone is 1. The lowest BCUT2D eigenvalue weighted by Crippen LogP contribution is -2.46. The SMILES string of the molecule is CCCCCCC/C=C/C(O)C(CS(=O)(=O)O)NC(=O)CCCCCCCCCCCCCCCCCCCCCC. The zero-order valence-electron chi connectivity index (χ0n) is 27.6. The molecular weight excluding hydrogens is 546 g/mol. The van der Waals surface area contributed by atoms with Gasteiger partial charge in [0, 0.05) is 6.42 Å². The third-order valence-electron chi connectivity index (χ3n) is 8.21. The summed E-state index contributed by atoms with van der Waals surface area (Å²) in [6.07, 6.45) is 35.1. The molecule has 3 N–H and O–H groups in total. The fraction of sp³-hybridized carbons (Fsp3) is 0.914. The van der Waals surface area contributed by atoms with Crippen molar-refractivity contribution in [1.82, 2.24) is 5.32 Å². The molecule has 0 saturated heterocycles. The van der Waals surface area contributed by atoms with Crippen LogP contribution in [0.1, 0.15) is 187 Å². The molecule has 250 valence electrons. The molecule has 0 rings (SSSR count). The lowest BCUT2D eigenvalue weighted by molar-refractivity contribution is -0.122. The van der Waals surface area contributed by atoms with E-state index in [1.54, 1.807) is 0 Å². The first-order valence-corrected chi connectivity index (χ1v) is 19.5. The summed E-state index contributed by atoms with van der Waals surface area (Å²) in [5, 5.41) is 13.0. The van der Waals surface area contributed by atoms with Crippen LogP contribution in [-0.2, 0) is 14.9 Å². The second kappa shape index (κ2) is 30.1. The van der Waals surface area contributed by atoms with Crippen LogP contribution in [0.3, 0.4) is 0 Å². The third kappa shape index (κ3) is 30.5. The lowest BCUT2D eigenvalue weighted by atomic mass is 10.0. The van der Waals surface area contributed by atoms with Gasteiger partial charge in [-0.2, -0.15) is 8.42 Å². The van der Waals surface area contributed by atoms with Crippen molar-refractivity contribution in [1.29, 1.82) is 0 Å². The Hall–Kier alpha value is -0.920. The number of hydrogen-bond acceptors (Lipinski definition) is 4. The molecule has 2 unspecified atom stereocenters. The average Bonchev–Trinajstić information content (AvgIpc) is 2.94. The molecule has 0 radical (unpaired) electrons. The number of aliphatic hydroxyl groups is 1. The fourth-order valence-corrected chi connectivity index (χ4v) is 6.24. The minimum Gasteiger partial charge on any atom is -0.387 e. The molecule has 0 aromatic heterocycles. The summed E-state index contributed by atoms with van der Waals surface area (Å²) >= 11 is 0. The molecule has 0 aliphatic rings. The largest absolute Gasteiger partial charge is 0.387 e. The van der Waals surface area contributed by atoms with Crippen molar-refractivity contribution in [3.05, 3.63) is 12.2 Å². The molecule has 0 bridgehead atoms. The number of amides is 1. The van der Waals surface area contributed by atoms with Crippen molar-refractivity contribution in [2.75, 3.05) is 5.75 Å². The highest BCUT2D eigenvalue weighted by atomic mass is 32.2. The van der Waals surface area contributed by atoms with Gasteiger partial charge in [0.05, 0.1) is 17.9 Å². The molecule has 0 spiro atoms. The summed E-state index contributed by atoms with van der Waals surface area (Å²) in [4.78, 5) is 12.4. The molecule has 0 saturated carbocycles. The van der Waals surface area contributed by atoms with Crippen LogP contribution in [0.5, 0.6) is 0 Å². The standard InChI is InChI=1S/C35H69NO5S/c1-3-5-7-9-11-12-13-14-15-16-17-18-19-20-21-22-23-25-27-29-31-35(38)36-33(32-42(39,40)41)34(37)30-28-26-24-10-8-6-4-2/h28,30,33-34,37H,3-27,29,31-32H2,1-2H3,(H,36,38)(H,39,40,41)/b30-28+. The molecule has 2 atom stereocenters. The van der Waals surface area contributed by atoms with E-state index in [4.69, 9.17) is 0 Å². The smallest absolute Gasteiger partial charge is 0.267 e. The highest BCUT2D eigenvalue weighted by Crippen LogP contribution is 2.15. The lowest BCUT2D eigenvalue weighted by Gasteiger charge is -2.21. The maximum absolute atomic E-state index is 12.4. The van der Waals surface area contributed by atoms with Crippen LogP contribution in [0.25, 0.3) is 0 Å². The number of rotatable bonds is 32. The number of hydrogen-bond donors (Lipinski definition) is 3. The van der Waals surface area contributed by atoms with Crippen molar-refractivity contribution in [3.8, 4) is 0 Å². The number of carbonyl (C=O) groups excluding carboxylic acids is 1. The van der Waals surface area contributed by atoms with Crippen LogP contribution < -0.4 is 5.32 Å². The van der Waals surface area contributed by atoms with E-state index in [-0.39, 0.29) is 5.91 Å². The van der Waals surface area contributed by atoms with Gasteiger partial charge in [0.15, 0.2) is 0 Å². The van der Waals surface area contributed by atoms with Crippen molar-refractivity contribution < 1.29 is 22.9 Å². The molecular formula is C35H69NO5S. The van der Waals surface area contributed by atoms with E-state index < -0.39 is 28.0 Å². The van der Waals surface area contributed by atoms with E-state index in [2.05, 4.69) is 19.2 Å². The van der Waals surface area contributed by atoms with Crippen LogP contribution in [0.4, 0.5) is 0 Å². The number of aliphatic hydroxyl groups excluding tert-OH is 1. The molecule has 42 heavy (non-hydrogen) atoms. The molecule has 0 aromatic carbocycles. The minimum absolute atomic E-state index is 0.280. The van der Waals surface area contributed by atoms with Crippen molar-refractivity contribution in [2.24, 2.45) is 0 Å². The summed E-state index contributed by atoms with van der Waals surface area (Å²) in [5.41, 5.74) is 0. The number of nitrogens with one attached hydrogen (secondary N) is 1. The summed E-state index contributed by atoms with van der Waals surface area (Å²) in [6, 6.07) is -1.05. The van der Waals surface area contributed by atoms with Gasteiger partial charge in [-0.05, 0) is 19.3 Å². The van der Waals surface area contributed by atoms with Crippen LogP contribution in [0, 0.1) is 0 Å². The van der Waals surface area contributed by atoms with Crippen LogP contribution >= 0.6 is 0 Å². The van der Waals surface area contributed by atoms with Crippen LogP contribution in [0.15, 0.2) is 12.2 Å². The Labute approximate surface area is 261 Å². The highest BCUT2D eigenvalue weighted by Gasteiger charge is 2.24. The summed E-state index contributed by atoms with van der Waals surface area (Å²) < 4.78 is 32.1. The van der Waals surface area contributed by atoms with Gasteiger partial charge in [0.1, 0.15) is 0 Å². The maximum Gasteiger partial charge on any atom is 0.267 e. The molecule has 1 amide bonds. The molecule has 0 heterocycles. The fourth-order valence-electron chi connectivity index (χ4n) is 5.51. The van der Waals surface area contributed by atoms with E-state index in [1.807, 2.05) is 6.08 Å². The van der Waals surface area contributed by atoms with E-state index in [9.17, 15) is 22.9 Å². The topological polar surface area (TPSA) is 104 Å². The average molecular weight is 616 g/mol. The first-order valence-electron chi connectivity index (χ1n) is 17.9. The maximum atomic E-state index is 12.4. The van der Waals surface area contributed by atoms with Crippen LogP contribution in [0.2, 0.25) is 0 Å². The minimum atomic E-state index is -4.32. The number of carbonyl (C=O) groups is 1. The van der Waals surface area contributed by atoms with E-state index >= 15 is 0 Å². The summed E-state index contributed by atoms with van der Waals surface area (Å²) in [7, 11) is -4.32. The van der Waals surface area contributed by atoms with Gasteiger partial charge in [-0.25, -0.2) is 0 Å². The monoisotopic (exact) mass is 615 g/mol. The first-order chi connectivity index (χ1) is 20.3. The van der Waals surface area contributed by atoms with Crippen molar-refractivity contribution >= 4 is 16.0 Å². The molecule has 7 heteroatoms. The Morgan fingerprint density at radius 2 is 0.976 bits per heavy atom. The molecule has 0 fully saturated rings. The van der Waals surface area contributed by atoms with Gasteiger partial charge < -0.3 is 10.4 Å². The number of unbranched alkanes of at least 4 members (excludes halogenated alkanes) is 24. The van der Waals surface area contributed by atoms with Gasteiger partial charge in [-0.3, -0.25) is 9.35 Å². The molecule has 0 aliphatic carbocycles. The normalized spacial score (nSPS) is 13.5. The first kappa shape index (κ1) is 41.1. The zero-order chi connectivity index (χ0) is 31.2. The van der Waals surface area contributed by atoms with Crippen LogP contribution in [-0.4, -0.2) is 41.9 Å². The second-order valence-electron chi connectivity index (χ2n) is 12.5. The predicted octanol–water partition coefficient (Wildman–Crippen LogP) is 9.85. The Bertz CT molecular complexity index is 725. The zero-order valence-corrected chi connectivity index (χ0v) is 28.5. The van der Waals surface area contributed by atoms with E-state index in [0.717, 1.165) is 38.5 Å². The summed E-state index contributed by atoms with van der Waals surface area (Å²) in [5.74, 6) is -0.974. The highest BCUT2D eigenvalue weighted by molar-refractivity contribution is 7.85. The quantitative estimate of drug-likeness (QED) is 0.0397. The second-order valence-corrected chi connectivity index (χ2v) is 14.0. The van der Waals surface area contributed by atoms with Gasteiger partial charge in [0.25, 0.3) is 10.1 Å². The van der Waals surface area contributed by atoms with E-state index in [0.29, 0.717) is 6.42 Å². The third-order valence-corrected chi connectivity index (χ3v) is 8.99. The Balaban J connectivity index is 3.78. The van der Waals surface area contributed by atoms with Gasteiger partial charge >= 0.3 is 0 Å².